The van der Waals surface area contributed by atoms with Crippen molar-refractivity contribution in [3.05, 3.63) is 11.5 Å². The highest BCUT2D eigenvalue weighted by Gasteiger charge is 2.25. The summed E-state index contributed by atoms with van der Waals surface area (Å²) in [6.07, 6.45) is 1.41. The number of hydrogen-bond acceptors (Lipinski definition) is 4. The van der Waals surface area contributed by atoms with Crippen LogP contribution in [0.4, 0.5) is 5.69 Å². The van der Waals surface area contributed by atoms with E-state index in [9.17, 15) is 4.79 Å². The van der Waals surface area contributed by atoms with Crippen LogP contribution in [0.25, 0.3) is 0 Å². The second-order valence-corrected chi connectivity index (χ2v) is 3.69. The predicted molar refractivity (Wildman–Crippen MR) is 53.6 cm³/mol. The number of nitrogens with zero attached hydrogens (tertiary/aromatic N) is 1. The van der Waals surface area contributed by atoms with E-state index in [1.807, 2.05) is 0 Å². The van der Waals surface area contributed by atoms with Gasteiger partial charge in [0.05, 0.1) is 0 Å². The van der Waals surface area contributed by atoms with Crippen molar-refractivity contribution >= 4 is 11.6 Å². The SMILES string of the molecule is Cc1noc(C)c1NC(=O)[C@H]1CCCO1. The summed E-state index contributed by atoms with van der Waals surface area (Å²) in [5.74, 6) is 0.515. The summed E-state index contributed by atoms with van der Waals surface area (Å²) >= 11 is 0. The molecule has 82 valence electrons. The van der Waals surface area contributed by atoms with Gasteiger partial charge < -0.3 is 14.6 Å². The van der Waals surface area contributed by atoms with Crippen molar-refractivity contribution in [2.75, 3.05) is 11.9 Å². The Kier molecular flexibility index (Phi) is 2.73. The molecule has 1 aromatic heterocycles. The topological polar surface area (TPSA) is 64.4 Å². The third-order valence-corrected chi connectivity index (χ3v) is 2.50. The van der Waals surface area contributed by atoms with E-state index in [-0.39, 0.29) is 12.0 Å². The first-order valence-electron chi connectivity index (χ1n) is 5.04. The highest BCUT2D eigenvalue weighted by molar-refractivity contribution is 5.95. The largest absolute Gasteiger partial charge is 0.368 e. The van der Waals surface area contributed by atoms with E-state index in [1.165, 1.54) is 0 Å². The van der Waals surface area contributed by atoms with Crippen molar-refractivity contribution in [1.29, 1.82) is 0 Å². The molecular weight excluding hydrogens is 196 g/mol. The number of anilines is 1. The zero-order valence-electron chi connectivity index (χ0n) is 8.87. The quantitative estimate of drug-likeness (QED) is 0.801. The van der Waals surface area contributed by atoms with E-state index in [0.717, 1.165) is 12.8 Å². The number of hydrogen-bond donors (Lipinski definition) is 1. The summed E-state index contributed by atoms with van der Waals surface area (Å²) in [6, 6.07) is 0. The highest BCUT2D eigenvalue weighted by atomic mass is 16.5. The first kappa shape index (κ1) is 10.2. The molecule has 1 N–H and O–H groups in total. The van der Waals surface area contributed by atoms with Gasteiger partial charge in [-0.15, -0.1) is 0 Å². The van der Waals surface area contributed by atoms with Gasteiger partial charge in [-0.3, -0.25) is 4.79 Å². The molecule has 1 saturated heterocycles. The molecule has 1 atom stereocenters. The van der Waals surface area contributed by atoms with E-state index >= 15 is 0 Å². The Morgan fingerprint density at radius 3 is 2.87 bits per heavy atom. The lowest BCUT2D eigenvalue weighted by Crippen LogP contribution is -2.27. The molecule has 0 saturated carbocycles. The second kappa shape index (κ2) is 4.02. The van der Waals surface area contributed by atoms with Crippen molar-refractivity contribution in [3.8, 4) is 0 Å². The summed E-state index contributed by atoms with van der Waals surface area (Å²) in [6.45, 7) is 4.23. The summed E-state index contributed by atoms with van der Waals surface area (Å²) in [5.41, 5.74) is 1.36. The molecule has 0 spiro atoms. The second-order valence-electron chi connectivity index (χ2n) is 3.69. The van der Waals surface area contributed by atoms with Crippen LogP contribution in [0.1, 0.15) is 24.3 Å². The van der Waals surface area contributed by atoms with Crippen molar-refractivity contribution in [1.82, 2.24) is 5.16 Å². The van der Waals surface area contributed by atoms with Crippen LogP contribution in [0.2, 0.25) is 0 Å². The maximum Gasteiger partial charge on any atom is 0.253 e. The zero-order chi connectivity index (χ0) is 10.8. The fraction of sp³-hybridized carbons (Fsp3) is 0.600. The first-order valence-corrected chi connectivity index (χ1v) is 5.04. The highest BCUT2D eigenvalue weighted by Crippen LogP contribution is 2.20. The minimum atomic E-state index is -0.321. The minimum Gasteiger partial charge on any atom is -0.368 e. The molecule has 5 heteroatoms. The Morgan fingerprint density at radius 2 is 2.33 bits per heavy atom. The molecule has 1 amide bonds. The van der Waals surface area contributed by atoms with Gasteiger partial charge in [0.25, 0.3) is 5.91 Å². The van der Waals surface area contributed by atoms with Crippen LogP contribution in [0.5, 0.6) is 0 Å². The van der Waals surface area contributed by atoms with Crippen molar-refractivity contribution < 1.29 is 14.1 Å². The molecule has 0 unspecified atom stereocenters. The normalized spacial score (nSPS) is 20.5. The monoisotopic (exact) mass is 210 g/mol. The van der Waals surface area contributed by atoms with E-state index in [1.54, 1.807) is 13.8 Å². The van der Waals surface area contributed by atoms with Gasteiger partial charge in [-0.1, -0.05) is 5.16 Å². The lowest BCUT2D eigenvalue weighted by molar-refractivity contribution is -0.124. The molecule has 0 aliphatic carbocycles. The fourth-order valence-corrected chi connectivity index (χ4v) is 1.65. The van der Waals surface area contributed by atoms with Gasteiger partial charge in [0, 0.05) is 6.61 Å². The summed E-state index contributed by atoms with van der Waals surface area (Å²) in [4.78, 5) is 11.7. The summed E-state index contributed by atoms with van der Waals surface area (Å²) in [5, 5.41) is 6.55. The predicted octanol–water partition coefficient (Wildman–Crippen LogP) is 1.41. The molecule has 2 heterocycles. The van der Waals surface area contributed by atoms with Crippen LogP contribution in [-0.4, -0.2) is 23.8 Å². The number of ether oxygens (including phenoxy) is 1. The van der Waals surface area contributed by atoms with Gasteiger partial charge >= 0.3 is 0 Å². The van der Waals surface area contributed by atoms with Crippen LogP contribution < -0.4 is 5.32 Å². The van der Waals surface area contributed by atoms with Gasteiger partial charge in [-0.2, -0.15) is 0 Å². The molecule has 1 aliphatic heterocycles. The minimum absolute atomic E-state index is 0.109. The van der Waals surface area contributed by atoms with Crippen LogP contribution >= 0.6 is 0 Å². The molecule has 1 aromatic rings. The van der Waals surface area contributed by atoms with Gasteiger partial charge in [0.15, 0.2) is 5.76 Å². The Hall–Kier alpha value is -1.36. The lowest BCUT2D eigenvalue weighted by atomic mass is 10.2. The van der Waals surface area contributed by atoms with E-state index in [0.29, 0.717) is 23.7 Å². The number of nitrogens with one attached hydrogen (secondary N) is 1. The molecule has 0 aromatic carbocycles. The van der Waals surface area contributed by atoms with E-state index in [2.05, 4.69) is 10.5 Å². The summed E-state index contributed by atoms with van der Waals surface area (Å²) < 4.78 is 10.2. The number of rotatable bonds is 2. The molecule has 2 rings (SSSR count). The van der Waals surface area contributed by atoms with Crippen LogP contribution in [0, 0.1) is 13.8 Å². The molecule has 0 bridgehead atoms. The average molecular weight is 210 g/mol. The third kappa shape index (κ3) is 2.02. The smallest absolute Gasteiger partial charge is 0.253 e. The lowest BCUT2D eigenvalue weighted by Gasteiger charge is -2.09. The Morgan fingerprint density at radius 1 is 1.53 bits per heavy atom. The van der Waals surface area contributed by atoms with Crippen LogP contribution in [0.3, 0.4) is 0 Å². The Labute approximate surface area is 87.8 Å². The molecule has 1 fully saturated rings. The standard InChI is InChI=1S/C10H14N2O3/c1-6-9(7(2)15-12-6)11-10(13)8-4-3-5-14-8/h8H,3-5H2,1-2H3,(H,11,13)/t8-/m1/s1. The molecule has 1 aliphatic rings. The fourth-order valence-electron chi connectivity index (χ4n) is 1.65. The number of aromatic nitrogens is 1. The molecule has 15 heavy (non-hydrogen) atoms. The maximum absolute atomic E-state index is 11.7. The van der Waals surface area contributed by atoms with Crippen LogP contribution in [-0.2, 0) is 9.53 Å². The zero-order valence-corrected chi connectivity index (χ0v) is 8.87. The molecule has 5 nitrogen and oxygen atoms in total. The van der Waals surface area contributed by atoms with Crippen molar-refractivity contribution in [3.63, 3.8) is 0 Å². The number of aryl methyl sites for hydroxylation is 2. The van der Waals surface area contributed by atoms with Gasteiger partial charge in [-0.05, 0) is 26.7 Å². The first-order chi connectivity index (χ1) is 7.18. The molecule has 0 radical (unpaired) electrons. The average Bonchev–Trinajstić information content (AvgIpc) is 2.82. The van der Waals surface area contributed by atoms with Crippen molar-refractivity contribution in [2.45, 2.75) is 32.8 Å². The van der Waals surface area contributed by atoms with Gasteiger partial charge in [0.1, 0.15) is 17.5 Å². The van der Waals surface area contributed by atoms with Crippen molar-refractivity contribution in [2.24, 2.45) is 0 Å². The number of amides is 1. The number of carbonyl (C=O) groups is 1. The Balaban J connectivity index is 2.05. The van der Waals surface area contributed by atoms with Crippen LogP contribution in [0.15, 0.2) is 4.52 Å². The third-order valence-electron chi connectivity index (χ3n) is 2.50. The molecular formula is C10H14N2O3. The van der Waals surface area contributed by atoms with E-state index in [4.69, 9.17) is 9.26 Å². The van der Waals surface area contributed by atoms with E-state index < -0.39 is 0 Å². The number of carbonyl (C=O) groups excluding carboxylic acids is 1. The van der Waals surface area contributed by atoms with Gasteiger partial charge in [0.2, 0.25) is 0 Å². The maximum atomic E-state index is 11.7. The summed E-state index contributed by atoms with van der Waals surface area (Å²) in [7, 11) is 0. The Bertz CT molecular complexity index is 347. The van der Waals surface area contributed by atoms with Gasteiger partial charge in [-0.25, -0.2) is 0 Å².